The highest BCUT2D eigenvalue weighted by Gasteiger charge is 2.20. The Morgan fingerprint density at radius 1 is 1.27 bits per heavy atom. The Labute approximate surface area is 177 Å². The summed E-state index contributed by atoms with van der Waals surface area (Å²) in [5.41, 5.74) is 5.41. The van der Waals surface area contributed by atoms with Gasteiger partial charge in [0.2, 0.25) is 0 Å². The van der Waals surface area contributed by atoms with Gasteiger partial charge >= 0.3 is 0 Å². The lowest BCUT2D eigenvalue weighted by Gasteiger charge is -2.19. The summed E-state index contributed by atoms with van der Waals surface area (Å²) in [5, 5.41) is 14.3. The van der Waals surface area contributed by atoms with Gasteiger partial charge in [0.1, 0.15) is 0 Å². The number of hydrogen-bond donors (Lipinski definition) is 4. The lowest BCUT2D eigenvalue weighted by molar-refractivity contribution is 0.0950. The number of amides is 1. The number of carbonyl (C=O) groups is 1. The normalized spacial score (nSPS) is 13.8. The molecule has 4 N–H and O–H groups in total. The minimum Gasteiger partial charge on any atom is -0.382 e. The zero-order valence-electron chi connectivity index (χ0n) is 17.9. The monoisotopic (exact) mass is 406 g/mol. The van der Waals surface area contributed by atoms with Crippen LogP contribution in [0.15, 0.2) is 29.6 Å². The molecule has 0 saturated heterocycles. The van der Waals surface area contributed by atoms with Crippen molar-refractivity contribution in [3.8, 4) is 0 Å². The van der Waals surface area contributed by atoms with Crippen molar-refractivity contribution in [3.05, 3.63) is 68.6 Å². The molecule has 1 amide bonds. The molecular formula is C24H30N4O2. The average molecular weight is 407 g/mol. The van der Waals surface area contributed by atoms with Gasteiger partial charge in [-0.05, 0) is 62.9 Å². The lowest BCUT2D eigenvalue weighted by Crippen LogP contribution is -2.29. The van der Waals surface area contributed by atoms with Gasteiger partial charge in [-0.1, -0.05) is 25.0 Å². The number of allylic oxidation sites excluding steroid dienone is 1. The zero-order valence-corrected chi connectivity index (χ0v) is 17.9. The van der Waals surface area contributed by atoms with E-state index in [1.165, 1.54) is 19.1 Å². The molecule has 3 rings (SSSR count). The molecule has 0 aliphatic heterocycles. The van der Waals surface area contributed by atoms with Crippen molar-refractivity contribution in [1.82, 2.24) is 10.3 Å². The minimum atomic E-state index is -0.314. The first kappa shape index (κ1) is 21.6. The predicted molar refractivity (Wildman–Crippen MR) is 123 cm³/mol. The molecule has 0 spiro atoms. The van der Waals surface area contributed by atoms with Crippen LogP contribution in [-0.4, -0.2) is 23.1 Å². The Morgan fingerprint density at radius 2 is 1.97 bits per heavy atom. The summed E-state index contributed by atoms with van der Waals surface area (Å²) in [6, 6.07) is 5.97. The molecule has 0 bridgehead atoms. The first-order valence-electron chi connectivity index (χ1n) is 10.4. The summed E-state index contributed by atoms with van der Waals surface area (Å²) in [4.78, 5) is 28.1. The molecule has 30 heavy (non-hydrogen) atoms. The molecule has 1 aliphatic rings. The fourth-order valence-corrected chi connectivity index (χ4v) is 4.02. The van der Waals surface area contributed by atoms with Crippen molar-refractivity contribution in [3.63, 3.8) is 0 Å². The second-order valence-corrected chi connectivity index (χ2v) is 8.16. The van der Waals surface area contributed by atoms with Crippen LogP contribution in [0.1, 0.15) is 70.9 Å². The number of pyridine rings is 1. The number of hydrogen-bond acceptors (Lipinski definition) is 4. The van der Waals surface area contributed by atoms with E-state index < -0.39 is 0 Å². The fraction of sp³-hybridized carbons (Fsp3) is 0.375. The topological polar surface area (TPSA) is 97.8 Å². The Bertz CT molecular complexity index is 1050. The molecule has 1 saturated carbocycles. The molecule has 0 radical (unpaired) electrons. The molecule has 0 unspecified atom stereocenters. The van der Waals surface area contributed by atoms with Crippen LogP contribution in [-0.2, 0) is 6.54 Å². The van der Waals surface area contributed by atoms with Gasteiger partial charge in [0.25, 0.3) is 11.5 Å². The second kappa shape index (κ2) is 9.11. The van der Waals surface area contributed by atoms with E-state index in [1.807, 2.05) is 32.9 Å². The average Bonchev–Trinajstić information content (AvgIpc) is 3.19. The number of aromatic amines is 1. The van der Waals surface area contributed by atoms with Crippen LogP contribution in [0.25, 0.3) is 5.57 Å². The first-order valence-corrected chi connectivity index (χ1v) is 10.4. The smallest absolute Gasteiger partial charge is 0.253 e. The fourth-order valence-electron chi connectivity index (χ4n) is 4.02. The van der Waals surface area contributed by atoms with E-state index in [2.05, 4.69) is 22.2 Å². The van der Waals surface area contributed by atoms with E-state index in [1.54, 1.807) is 6.07 Å². The molecule has 1 aromatic heterocycles. The molecule has 1 aliphatic carbocycles. The maximum atomic E-state index is 13.1. The quantitative estimate of drug-likeness (QED) is 0.516. The minimum absolute atomic E-state index is 0.125. The SMILES string of the molecule is C=C(C)c1cc(NC2CCCC2)c(C=N)c(C(=O)NCc2c(C)cc(C)[nH]c2=O)c1. The van der Waals surface area contributed by atoms with Gasteiger partial charge < -0.3 is 21.0 Å². The Hall–Kier alpha value is -3.15. The number of aryl methyl sites for hydroxylation is 2. The summed E-state index contributed by atoms with van der Waals surface area (Å²) in [6.45, 7) is 9.73. The Balaban J connectivity index is 1.92. The molecule has 1 heterocycles. The van der Waals surface area contributed by atoms with E-state index in [4.69, 9.17) is 5.41 Å². The van der Waals surface area contributed by atoms with Crippen molar-refractivity contribution < 1.29 is 4.79 Å². The van der Waals surface area contributed by atoms with Crippen molar-refractivity contribution >= 4 is 23.4 Å². The Morgan fingerprint density at radius 3 is 2.57 bits per heavy atom. The first-order chi connectivity index (χ1) is 14.3. The van der Waals surface area contributed by atoms with E-state index in [-0.39, 0.29) is 18.0 Å². The van der Waals surface area contributed by atoms with Crippen LogP contribution in [0.5, 0.6) is 0 Å². The van der Waals surface area contributed by atoms with Gasteiger partial charge in [-0.15, -0.1) is 0 Å². The van der Waals surface area contributed by atoms with Crippen LogP contribution in [0, 0.1) is 19.3 Å². The van der Waals surface area contributed by atoms with Crippen molar-refractivity contribution in [2.45, 2.75) is 59.0 Å². The van der Waals surface area contributed by atoms with Crippen molar-refractivity contribution in [2.24, 2.45) is 0 Å². The number of aromatic nitrogens is 1. The highest BCUT2D eigenvalue weighted by Crippen LogP contribution is 2.29. The van der Waals surface area contributed by atoms with Crippen molar-refractivity contribution in [1.29, 1.82) is 5.41 Å². The summed E-state index contributed by atoms with van der Waals surface area (Å²) >= 11 is 0. The molecule has 0 atom stereocenters. The van der Waals surface area contributed by atoms with E-state index in [0.717, 1.165) is 40.9 Å². The highest BCUT2D eigenvalue weighted by molar-refractivity contribution is 6.06. The summed E-state index contributed by atoms with van der Waals surface area (Å²) in [5.74, 6) is -0.314. The number of H-pyrrole nitrogens is 1. The van der Waals surface area contributed by atoms with Gasteiger partial charge in [0.15, 0.2) is 0 Å². The molecule has 2 aromatic rings. The van der Waals surface area contributed by atoms with Gasteiger partial charge in [-0.3, -0.25) is 9.59 Å². The number of anilines is 1. The Kier molecular flexibility index (Phi) is 6.55. The number of benzene rings is 1. The molecule has 158 valence electrons. The zero-order chi connectivity index (χ0) is 21.8. The second-order valence-electron chi connectivity index (χ2n) is 8.16. The summed E-state index contributed by atoms with van der Waals surface area (Å²) in [6.07, 6.45) is 5.78. The predicted octanol–water partition coefficient (Wildman–Crippen LogP) is 4.31. The van der Waals surface area contributed by atoms with Gasteiger partial charge in [0.05, 0.1) is 5.56 Å². The summed E-state index contributed by atoms with van der Waals surface area (Å²) in [7, 11) is 0. The van der Waals surface area contributed by atoms with E-state index >= 15 is 0 Å². The van der Waals surface area contributed by atoms with Crippen molar-refractivity contribution in [2.75, 3.05) is 5.32 Å². The third-order valence-electron chi connectivity index (χ3n) is 5.70. The van der Waals surface area contributed by atoms with Gasteiger partial charge in [0, 0.05) is 41.3 Å². The molecular weight excluding hydrogens is 376 g/mol. The molecule has 1 aromatic carbocycles. The van der Waals surface area contributed by atoms with Crippen LogP contribution >= 0.6 is 0 Å². The van der Waals surface area contributed by atoms with E-state index in [9.17, 15) is 9.59 Å². The number of carbonyl (C=O) groups excluding carboxylic acids is 1. The number of nitrogens with one attached hydrogen (secondary N) is 4. The third-order valence-corrected chi connectivity index (χ3v) is 5.70. The van der Waals surface area contributed by atoms with Crippen LogP contribution in [0.4, 0.5) is 5.69 Å². The van der Waals surface area contributed by atoms with Crippen LogP contribution in [0.3, 0.4) is 0 Å². The highest BCUT2D eigenvalue weighted by atomic mass is 16.1. The molecule has 6 heteroatoms. The third kappa shape index (κ3) is 4.70. The van der Waals surface area contributed by atoms with Crippen LogP contribution in [0.2, 0.25) is 0 Å². The van der Waals surface area contributed by atoms with Crippen LogP contribution < -0.4 is 16.2 Å². The standard InChI is InChI=1S/C24H30N4O2/c1-14(2)17-10-19(20(12-25)22(11-17)28-18-7-5-6-8-18)23(29)26-13-21-15(3)9-16(4)27-24(21)30/h9-12,18,25,28H,1,5-8,13H2,2-4H3,(H,26,29)(H,27,30). The van der Waals surface area contributed by atoms with E-state index in [0.29, 0.717) is 22.7 Å². The largest absolute Gasteiger partial charge is 0.382 e. The maximum absolute atomic E-state index is 13.1. The molecule has 6 nitrogen and oxygen atoms in total. The van der Waals surface area contributed by atoms with Gasteiger partial charge in [-0.25, -0.2) is 0 Å². The molecule has 1 fully saturated rings. The lowest BCUT2D eigenvalue weighted by atomic mass is 9.97. The van der Waals surface area contributed by atoms with Gasteiger partial charge in [-0.2, -0.15) is 0 Å². The summed E-state index contributed by atoms with van der Waals surface area (Å²) < 4.78 is 0. The maximum Gasteiger partial charge on any atom is 0.253 e. The number of rotatable bonds is 7.